The van der Waals surface area contributed by atoms with Crippen molar-refractivity contribution in [3.63, 3.8) is 0 Å². The van der Waals surface area contributed by atoms with Gasteiger partial charge in [0, 0.05) is 5.56 Å². The average molecular weight is 307 g/mol. The number of nitrogens with two attached hydrogens (primary N) is 1. The van der Waals surface area contributed by atoms with Crippen molar-refractivity contribution >= 4 is 17.4 Å². The van der Waals surface area contributed by atoms with Gasteiger partial charge in [0.05, 0.1) is 10.6 Å². The second-order valence-corrected chi connectivity index (χ2v) is 4.82. The first kappa shape index (κ1) is 13.6. The van der Waals surface area contributed by atoms with Gasteiger partial charge in [-0.2, -0.15) is 0 Å². The molecule has 0 aliphatic heterocycles. The Morgan fingerprint density at radius 2 is 1.86 bits per heavy atom. The lowest BCUT2D eigenvalue weighted by atomic mass is 10.0. The van der Waals surface area contributed by atoms with E-state index in [1.165, 1.54) is 30.3 Å². The van der Waals surface area contributed by atoms with Gasteiger partial charge in [-0.15, -0.1) is 0 Å². The number of anilines is 1. The summed E-state index contributed by atoms with van der Waals surface area (Å²) in [6, 6.07) is 9.98. The molecule has 0 atom stereocenters. The van der Waals surface area contributed by atoms with Gasteiger partial charge in [-0.25, -0.2) is 8.78 Å². The summed E-state index contributed by atoms with van der Waals surface area (Å²) in [7, 11) is 0. The van der Waals surface area contributed by atoms with Gasteiger partial charge in [0.15, 0.2) is 11.6 Å². The Labute approximate surface area is 123 Å². The summed E-state index contributed by atoms with van der Waals surface area (Å²) in [5, 5.41) is 3.65. The van der Waals surface area contributed by atoms with Crippen LogP contribution >= 0.6 is 11.6 Å². The quantitative estimate of drug-likeness (QED) is 0.757. The minimum atomic E-state index is -0.541. The Kier molecular flexibility index (Phi) is 3.35. The summed E-state index contributed by atoms with van der Waals surface area (Å²) in [5.74, 6) is -0.521. The van der Waals surface area contributed by atoms with E-state index >= 15 is 0 Å². The van der Waals surface area contributed by atoms with Crippen molar-refractivity contribution in [1.82, 2.24) is 5.16 Å². The van der Waals surface area contributed by atoms with Gasteiger partial charge in [-0.1, -0.05) is 28.9 Å². The lowest BCUT2D eigenvalue weighted by molar-refractivity contribution is 0.436. The van der Waals surface area contributed by atoms with Crippen LogP contribution in [0.1, 0.15) is 0 Å². The highest BCUT2D eigenvalue weighted by Crippen LogP contribution is 2.37. The largest absolute Gasteiger partial charge is 0.380 e. The lowest BCUT2D eigenvalue weighted by Gasteiger charge is -2.04. The molecular weight excluding hydrogens is 298 g/mol. The van der Waals surface area contributed by atoms with Crippen molar-refractivity contribution < 1.29 is 13.3 Å². The zero-order chi connectivity index (χ0) is 15.0. The van der Waals surface area contributed by atoms with E-state index in [2.05, 4.69) is 5.16 Å². The minimum Gasteiger partial charge on any atom is -0.380 e. The number of halogens is 3. The summed E-state index contributed by atoms with van der Waals surface area (Å²) in [5.41, 5.74) is 7.26. The highest BCUT2D eigenvalue weighted by atomic mass is 35.5. The van der Waals surface area contributed by atoms with Crippen LogP contribution in [0, 0.1) is 11.6 Å². The fourth-order valence-electron chi connectivity index (χ4n) is 2.06. The zero-order valence-corrected chi connectivity index (χ0v) is 11.4. The standard InChI is InChI=1S/C15H9ClF2N2O/c16-11-7-9(4-5-12(11)18)14-13(15(19)20-21-14)8-2-1-3-10(17)6-8/h1-7H,(H2,19,20). The van der Waals surface area contributed by atoms with E-state index in [1.807, 2.05) is 0 Å². The van der Waals surface area contributed by atoms with Crippen LogP contribution in [-0.4, -0.2) is 5.16 Å². The average Bonchev–Trinajstić information content (AvgIpc) is 2.84. The van der Waals surface area contributed by atoms with Crippen LogP contribution < -0.4 is 5.73 Å². The summed E-state index contributed by atoms with van der Waals surface area (Å²) in [4.78, 5) is 0. The molecule has 3 rings (SSSR count). The van der Waals surface area contributed by atoms with Gasteiger partial charge in [0.2, 0.25) is 0 Å². The molecule has 0 aliphatic rings. The van der Waals surface area contributed by atoms with Crippen molar-refractivity contribution in [3.05, 3.63) is 59.1 Å². The molecule has 0 radical (unpaired) electrons. The Hall–Kier alpha value is -2.40. The lowest BCUT2D eigenvalue weighted by Crippen LogP contribution is -1.90. The van der Waals surface area contributed by atoms with Gasteiger partial charge in [0.25, 0.3) is 0 Å². The number of rotatable bonds is 2. The molecular formula is C15H9ClF2N2O. The number of aromatic nitrogens is 1. The molecule has 6 heteroatoms. The second-order valence-electron chi connectivity index (χ2n) is 4.41. The van der Waals surface area contributed by atoms with Crippen LogP contribution in [0.4, 0.5) is 14.6 Å². The van der Waals surface area contributed by atoms with Crippen LogP contribution in [0.3, 0.4) is 0 Å². The number of hydrogen-bond donors (Lipinski definition) is 1. The molecule has 0 spiro atoms. The summed E-state index contributed by atoms with van der Waals surface area (Å²) in [6.45, 7) is 0. The Morgan fingerprint density at radius 3 is 2.57 bits per heavy atom. The topological polar surface area (TPSA) is 52.0 Å². The molecule has 1 aromatic heterocycles. The molecule has 2 N–H and O–H groups in total. The Bertz CT molecular complexity index is 817. The van der Waals surface area contributed by atoms with E-state index in [1.54, 1.807) is 12.1 Å². The van der Waals surface area contributed by atoms with E-state index < -0.39 is 11.6 Å². The Morgan fingerprint density at radius 1 is 1.05 bits per heavy atom. The van der Waals surface area contributed by atoms with Gasteiger partial charge in [-0.3, -0.25) is 0 Å². The zero-order valence-electron chi connectivity index (χ0n) is 10.6. The van der Waals surface area contributed by atoms with Crippen LogP contribution in [0.25, 0.3) is 22.5 Å². The van der Waals surface area contributed by atoms with Crippen molar-refractivity contribution in [1.29, 1.82) is 0 Å². The van der Waals surface area contributed by atoms with Crippen LogP contribution in [0.5, 0.6) is 0 Å². The molecule has 0 saturated heterocycles. The number of benzene rings is 2. The molecule has 3 nitrogen and oxygen atoms in total. The highest BCUT2D eigenvalue weighted by molar-refractivity contribution is 6.31. The van der Waals surface area contributed by atoms with E-state index in [4.69, 9.17) is 21.9 Å². The molecule has 0 saturated carbocycles. The van der Waals surface area contributed by atoms with Crippen molar-refractivity contribution in [3.8, 4) is 22.5 Å². The van der Waals surface area contributed by atoms with Gasteiger partial charge >= 0.3 is 0 Å². The maximum Gasteiger partial charge on any atom is 0.176 e. The van der Waals surface area contributed by atoms with E-state index in [9.17, 15) is 8.78 Å². The van der Waals surface area contributed by atoms with E-state index in [0.717, 1.165) is 0 Å². The van der Waals surface area contributed by atoms with Crippen molar-refractivity contribution in [2.24, 2.45) is 0 Å². The number of hydrogen-bond acceptors (Lipinski definition) is 3. The first-order chi connectivity index (χ1) is 10.1. The van der Waals surface area contributed by atoms with Gasteiger partial charge in [0.1, 0.15) is 11.6 Å². The van der Waals surface area contributed by atoms with Gasteiger partial charge < -0.3 is 10.3 Å². The van der Waals surface area contributed by atoms with E-state index in [-0.39, 0.29) is 10.8 Å². The fraction of sp³-hybridized carbons (Fsp3) is 0. The molecule has 0 unspecified atom stereocenters. The Balaban J connectivity index is 2.19. The smallest absolute Gasteiger partial charge is 0.176 e. The van der Waals surface area contributed by atoms with Crippen molar-refractivity contribution in [2.75, 3.05) is 5.73 Å². The van der Waals surface area contributed by atoms with Crippen LogP contribution in [0.2, 0.25) is 5.02 Å². The predicted molar refractivity (Wildman–Crippen MR) is 76.7 cm³/mol. The fourth-order valence-corrected chi connectivity index (χ4v) is 2.24. The first-order valence-electron chi connectivity index (χ1n) is 6.03. The summed E-state index contributed by atoms with van der Waals surface area (Å²) >= 11 is 5.77. The molecule has 106 valence electrons. The first-order valence-corrected chi connectivity index (χ1v) is 6.40. The van der Waals surface area contributed by atoms with E-state index in [0.29, 0.717) is 22.5 Å². The SMILES string of the molecule is Nc1noc(-c2ccc(F)c(Cl)c2)c1-c1cccc(F)c1. The van der Waals surface area contributed by atoms with Crippen LogP contribution in [-0.2, 0) is 0 Å². The molecule has 0 bridgehead atoms. The second kappa shape index (κ2) is 5.18. The monoisotopic (exact) mass is 306 g/mol. The molecule has 21 heavy (non-hydrogen) atoms. The maximum absolute atomic E-state index is 13.4. The maximum atomic E-state index is 13.4. The third-order valence-corrected chi connectivity index (χ3v) is 3.30. The van der Waals surface area contributed by atoms with Crippen LogP contribution in [0.15, 0.2) is 47.0 Å². The third kappa shape index (κ3) is 2.48. The molecule has 1 heterocycles. The number of nitrogens with zero attached hydrogens (tertiary/aromatic N) is 1. The normalized spacial score (nSPS) is 10.8. The highest BCUT2D eigenvalue weighted by Gasteiger charge is 2.18. The van der Waals surface area contributed by atoms with Crippen molar-refractivity contribution in [2.45, 2.75) is 0 Å². The number of nitrogen functional groups attached to an aromatic ring is 1. The molecule has 0 amide bonds. The molecule has 3 aromatic rings. The third-order valence-electron chi connectivity index (χ3n) is 3.01. The summed E-state index contributed by atoms with van der Waals surface area (Å²) in [6.07, 6.45) is 0. The van der Waals surface area contributed by atoms with Gasteiger partial charge in [-0.05, 0) is 35.9 Å². The summed E-state index contributed by atoms with van der Waals surface area (Å²) < 4.78 is 31.8. The molecule has 0 aliphatic carbocycles. The molecule has 2 aromatic carbocycles. The predicted octanol–water partition coefficient (Wildman–Crippen LogP) is 4.52. The minimum absolute atomic E-state index is 0.0485. The molecule has 0 fully saturated rings.